The van der Waals surface area contributed by atoms with E-state index in [0.29, 0.717) is 5.56 Å². The van der Waals surface area contributed by atoms with Crippen molar-refractivity contribution in [3.8, 4) is 0 Å². The summed E-state index contributed by atoms with van der Waals surface area (Å²) < 4.78 is 2.15. The van der Waals surface area contributed by atoms with E-state index in [9.17, 15) is 19.7 Å². The van der Waals surface area contributed by atoms with E-state index in [4.69, 9.17) is 11.6 Å². The minimum absolute atomic E-state index is 0.0483. The van der Waals surface area contributed by atoms with E-state index in [1.807, 2.05) is 0 Å². The van der Waals surface area contributed by atoms with E-state index >= 15 is 0 Å². The summed E-state index contributed by atoms with van der Waals surface area (Å²) in [6, 6.07) is 7.20. The van der Waals surface area contributed by atoms with E-state index in [1.165, 1.54) is 6.07 Å². The van der Waals surface area contributed by atoms with Gasteiger partial charge in [0.15, 0.2) is 0 Å². The largest absolute Gasteiger partial charge is 0.332 e. The van der Waals surface area contributed by atoms with Gasteiger partial charge in [-0.05, 0) is 6.92 Å². The van der Waals surface area contributed by atoms with Crippen LogP contribution < -0.4 is 11.2 Å². The topological polar surface area (TPSA) is 87.1 Å². The molecule has 0 unspecified atom stereocenters. The number of hydrogen-bond donors (Lipinski definition) is 0. The molecule has 8 heteroatoms. The Morgan fingerprint density at radius 3 is 2.52 bits per heavy atom. The van der Waals surface area contributed by atoms with Crippen LogP contribution in [0.25, 0.3) is 0 Å². The van der Waals surface area contributed by atoms with Crippen LogP contribution in [0.4, 0.5) is 5.69 Å². The average molecular weight is 310 g/mol. The number of benzene rings is 1. The standard InChI is InChI=1S/C13H12ClN3O4/c1-2-15-12(18)7-11(14)16(13(15)19)8-9-5-3-4-6-10(9)17(20)21/h3-7H,2,8H2,1H3. The monoisotopic (exact) mass is 309 g/mol. The first kappa shape index (κ1) is 15.0. The predicted molar refractivity (Wildman–Crippen MR) is 77.8 cm³/mol. The van der Waals surface area contributed by atoms with E-state index in [2.05, 4.69) is 0 Å². The van der Waals surface area contributed by atoms with Gasteiger partial charge in [0.1, 0.15) is 5.15 Å². The zero-order valence-electron chi connectivity index (χ0n) is 11.2. The van der Waals surface area contributed by atoms with Crippen molar-refractivity contribution < 1.29 is 4.92 Å². The van der Waals surface area contributed by atoms with E-state index < -0.39 is 16.2 Å². The summed E-state index contributed by atoms with van der Waals surface area (Å²) in [6.45, 7) is 1.78. The van der Waals surface area contributed by atoms with Crippen LogP contribution in [0.15, 0.2) is 39.9 Å². The molecule has 0 saturated heterocycles. The molecule has 0 N–H and O–H groups in total. The number of nitro benzene ring substituents is 1. The minimum atomic E-state index is -0.590. The Bertz CT molecular complexity index is 810. The van der Waals surface area contributed by atoms with Gasteiger partial charge >= 0.3 is 5.69 Å². The highest BCUT2D eigenvalue weighted by Gasteiger charge is 2.16. The van der Waals surface area contributed by atoms with Gasteiger partial charge in [-0.15, -0.1) is 0 Å². The third kappa shape index (κ3) is 2.87. The van der Waals surface area contributed by atoms with Crippen molar-refractivity contribution in [3.63, 3.8) is 0 Å². The zero-order valence-corrected chi connectivity index (χ0v) is 11.9. The quantitative estimate of drug-likeness (QED) is 0.488. The Kier molecular flexibility index (Phi) is 4.23. The molecule has 0 fully saturated rings. The number of nitrogens with zero attached hydrogens (tertiary/aromatic N) is 3. The van der Waals surface area contributed by atoms with Crippen molar-refractivity contribution in [1.82, 2.24) is 9.13 Å². The Hall–Kier alpha value is -2.41. The maximum Gasteiger partial charge on any atom is 0.332 e. The number of para-hydroxylation sites is 1. The van der Waals surface area contributed by atoms with Crippen molar-refractivity contribution in [3.05, 3.63) is 72.0 Å². The number of nitro groups is 1. The second-order valence-corrected chi connectivity index (χ2v) is 4.69. The lowest BCUT2D eigenvalue weighted by Crippen LogP contribution is -2.39. The fraction of sp³-hybridized carbons (Fsp3) is 0.231. The maximum atomic E-state index is 12.2. The lowest BCUT2D eigenvalue weighted by Gasteiger charge is -2.11. The number of rotatable bonds is 4. The summed E-state index contributed by atoms with van der Waals surface area (Å²) in [5.74, 6) is 0. The summed E-state index contributed by atoms with van der Waals surface area (Å²) in [5, 5.41) is 10.9. The van der Waals surface area contributed by atoms with E-state index in [1.54, 1.807) is 25.1 Å². The molecule has 0 radical (unpaired) electrons. The molecule has 2 rings (SSSR count). The lowest BCUT2D eigenvalue weighted by molar-refractivity contribution is -0.385. The van der Waals surface area contributed by atoms with Crippen LogP contribution in [0.1, 0.15) is 12.5 Å². The Morgan fingerprint density at radius 1 is 1.24 bits per heavy atom. The van der Waals surface area contributed by atoms with Crippen LogP contribution in [0.3, 0.4) is 0 Å². The molecule has 7 nitrogen and oxygen atoms in total. The maximum absolute atomic E-state index is 12.2. The fourth-order valence-electron chi connectivity index (χ4n) is 2.02. The normalized spacial score (nSPS) is 10.6. The highest BCUT2D eigenvalue weighted by atomic mass is 35.5. The molecule has 0 bridgehead atoms. The van der Waals surface area contributed by atoms with Crippen LogP contribution in [0.5, 0.6) is 0 Å². The van der Waals surface area contributed by atoms with Gasteiger partial charge < -0.3 is 0 Å². The minimum Gasteiger partial charge on any atom is -0.279 e. The number of hydrogen-bond acceptors (Lipinski definition) is 4. The summed E-state index contributed by atoms with van der Waals surface area (Å²) in [7, 11) is 0. The van der Waals surface area contributed by atoms with Crippen LogP contribution in [-0.2, 0) is 13.1 Å². The first-order valence-corrected chi connectivity index (χ1v) is 6.56. The molecule has 1 heterocycles. The van der Waals surface area contributed by atoms with Crippen LogP contribution >= 0.6 is 11.6 Å². The summed E-state index contributed by atoms with van der Waals surface area (Å²) >= 11 is 5.93. The highest BCUT2D eigenvalue weighted by molar-refractivity contribution is 6.29. The van der Waals surface area contributed by atoms with Crippen molar-refractivity contribution in [1.29, 1.82) is 0 Å². The molecular formula is C13H12ClN3O4. The van der Waals surface area contributed by atoms with Gasteiger partial charge in [0.2, 0.25) is 0 Å². The van der Waals surface area contributed by atoms with Crippen LogP contribution in [0, 0.1) is 10.1 Å². The summed E-state index contributed by atoms with van der Waals surface area (Å²) in [4.78, 5) is 34.3. The second-order valence-electron chi connectivity index (χ2n) is 4.30. The molecule has 0 amide bonds. The van der Waals surface area contributed by atoms with E-state index in [0.717, 1.165) is 15.2 Å². The molecule has 0 saturated carbocycles. The zero-order chi connectivity index (χ0) is 15.6. The van der Waals surface area contributed by atoms with Crippen molar-refractivity contribution in [2.45, 2.75) is 20.0 Å². The van der Waals surface area contributed by atoms with Crippen LogP contribution in [0.2, 0.25) is 5.15 Å². The molecule has 1 aromatic heterocycles. The Labute approximate surface area is 124 Å². The molecular weight excluding hydrogens is 298 g/mol. The third-order valence-corrected chi connectivity index (χ3v) is 3.37. The molecule has 21 heavy (non-hydrogen) atoms. The molecule has 0 aliphatic heterocycles. The molecule has 1 aromatic carbocycles. The summed E-state index contributed by atoms with van der Waals surface area (Å²) in [6.07, 6.45) is 0. The first-order chi connectivity index (χ1) is 9.95. The van der Waals surface area contributed by atoms with Gasteiger partial charge in [-0.3, -0.25) is 24.0 Å². The Balaban J connectivity index is 2.58. The first-order valence-electron chi connectivity index (χ1n) is 6.18. The predicted octanol–water partition coefficient (Wildman–Crippen LogP) is 1.64. The highest BCUT2D eigenvalue weighted by Crippen LogP contribution is 2.19. The van der Waals surface area contributed by atoms with Crippen molar-refractivity contribution >= 4 is 17.3 Å². The molecule has 0 aliphatic rings. The van der Waals surface area contributed by atoms with Gasteiger partial charge in [0.25, 0.3) is 11.2 Å². The van der Waals surface area contributed by atoms with Crippen molar-refractivity contribution in [2.24, 2.45) is 0 Å². The van der Waals surface area contributed by atoms with Crippen molar-refractivity contribution in [2.75, 3.05) is 0 Å². The Morgan fingerprint density at radius 2 is 1.90 bits per heavy atom. The van der Waals surface area contributed by atoms with E-state index in [-0.39, 0.29) is 23.9 Å². The molecule has 0 spiro atoms. The van der Waals surface area contributed by atoms with Gasteiger partial charge in [0, 0.05) is 24.2 Å². The third-order valence-electron chi connectivity index (χ3n) is 3.06. The second kappa shape index (κ2) is 5.92. The molecule has 0 aliphatic carbocycles. The van der Waals surface area contributed by atoms with Gasteiger partial charge in [-0.25, -0.2) is 4.79 Å². The number of aromatic nitrogens is 2. The van der Waals surface area contributed by atoms with Gasteiger partial charge in [-0.1, -0.05) is 29.8 Å². The van der Waals surface area contributed by atoms with Gasteiger partial charge in [0.05, 0.1) is 11.5 Å². The SMILES string of the molecule is CCn1c(=O)cc(Cl)n(Cc2ccccc2[N+](=O)[O-])c1=O. The van der Waals surface area contributed by atoms with Gasteiger partial charge in [-0.2, -0.15) is 0 Å². The summed E-state index contributed by atoms with van der Waals surface area (Å²) in [5.41, 5.74) is -0.845. The smallest absolute Gasteiger partial charge is 0.279 e. The fourth-order valence-corrected chi connectivity index (χ4v) is 2.24. The number of halogens is 1. The molecule has 2 aromatic rings. The molecule has 0 atom stereocenters. The molecule has 110 valence electrons. The lowest BCUT2D eigenvalue weighted by atomic mass is 10.2. The average Bonchev–Trinajstić information content (AvgIpc) is 2.44. The van der Waals surface area contributed by atoms with Crippen LogP contribution in [-0.4, -0.2) is 14.1 Å².